The third kappa shape index (κ3) is 2.61. The molecular formula is C12H18N4O. The van der Waals surface area contributed by atoms with E-state index in [4.69, 9.17) is 5.73 Å². The van der Waals surface area contributed by atoms with Gasteiger partial charge in [-0.05, 0) is 18.8 Å². The zero-order valence-corrected chi connectivity index (χ0v) is 10.0. The van der Waals surface area contributed by atoms with Crippen molar-refractivity contribution in [3.05, 3.63) is 24.3 Å². The molecule has 5 heteroatoms. The van der Waals surface area contributed by atoms with Crippen molar-refractivity contribution in [1.82, 2.24) is 14.9 Å². The summed E-state index contributed by atoms with van der Waals surface area (Å²) < 4.78 is 0. The van der Waals surface area contributed by atoms with Crippen LogP contribution in [0.25, 0.3) is 0 Å². The number of hydrogen-bond acceptors (Lipinski definition) is 4. The summed E-state index contributed by atoms with van der Waals surface area (Å²) in [6.45, 7) is 3.47. The Labute approximate surface area is 101 Å². The van der Waals surface area contributed by atoms with Crippen molar-refractivity contribution in [2.24, 2.45) is 11.7 Å². The lowest BCUT2D eigenvalue weighted by atomic mass is 9.92. The first-order valence-corrected chi connectivity index (χ1v) is 5.99. The lowest BCUT2D eigenvalue weighted by Crippen LogP contribution is -2.49. The molecule has 17 heavy (non-hydrogen) atoms. The van der Waals surface area contributed by atoms with E-state index in [2.05, 4.69) is 16.9 Å². The van der Waals surface area contributed by atoms with E-state index in [-0.39, 0.29) is 11.9 Å². The van der Waals surface area contributed by atoms with Crippen LogP contribution < -0.4 is 5.73 Å². The maximum absolute atomic E-state index is 12.2. The summed E-state index contributed by atoms with van der Waals surface area (Å²) >= 11 is 0. The first kappa shape index (κ1) is 12.0. The number of piperidine rings is 1. The Hall–Kier alpha value is -1.49. The molecule has 0 radical (unpaired) electrons. The van der Waals surface area contributed by atoms with Crippen molar-refractivity contribution < 1.29 is 4.79 Å². The molecule has 2 heterocycles. The number of nitrogens with two attached hydrogens (primary N) is 1. The van der Waals surface area contributed by atoms with Crippen molar-refractivity contribution in [2.45, 2.75) is 25.8 Å². The monoisotopic (exact) mass is 234 g/mol. The molecule has 0 aliphatic carbocycles. The lowest BCUT2D eigenvalue weighted by Gasteiger charge is -2.37. The van der Waals surface area contributed by atoms with Gasteiger partial charge >= 0.3 is 0 Å². The van der Waals surface area contributed by atoms with Crippen LogP contribution in [0.15, 0.2) is 18.6 Å². The molecule has 1 aromatic heterocycles. The standard InChI is InChI=1S/C12H18N4O/c1-9-2-5-16(10(6-9)7-13)12(17)11-8-14-3-4-15-11/h3-4,8-10H,2,5-7,13H2,1H3. The summed E-state index contributed by atoms with van der Waals surface area (Å²) in [6.07, 6.45) is 6.62. The number of carbonyl (C=O) groups excluding carboxylic acids is 1. The van der Waals surface area contributed by atoms with E-state index in [0.717, 1.165) is 19.4 Å². The third-order valence-electron chi connectivity index (χ3n) is 3.29. The van der Waals surface area contributed by atoms with Gasteiger partial charge in [0.1, 0.15) is 5.69 Å². The highest BCUT2D eigenvalue weighted by Gasteiger charge is 2.30. The third-order valence-corrected chi connectivity index (χ3v) is 3.29. The Bertz CT molecular complexity index is 381. The van der Waals surface area contributed by atoms with Gasteiger partial charge in [-0.3, -0.25) is 9.78 Å². The molecule has 1 amide bonds. The van der Waals surface area contributed by atoms with Gasteiger partial charge in [-0.1, -0.05) is 6.92 Å². The van der Waals surface area contributed by atoms with E-state index in [1.807, 2.05) is 4.90 Å². The molecule has 0 aromatic carbocycles. The highest BCUT2D eigenvalue weighted by molar-refractivity contribution is 5.92. The smallest absolute Gasteiger partial charge is 0.274 e. The van der Waals surface area contributed by atoms with Gasteiger partial charge in [0.25, 0.3) is 5.91 Å². The Balaban J connectivity index is 2.13. The van der Waals surface area contributed by atoms with E-state index in [0.29, 0.717) is 18.2 Å². The number of nitrogens with zero attached hydrogens (tertiary/aromatic N) is 3. The number of rotatable bonds is 2. The Morgan fingerprint density at radius 3 is 3.06 bits per heavy atom. The average molecular weight is 234 g/mol. The first-order valence-electron chi connectivity index (χ1n) is 5.99. The first-order chi connectivity index (χ1) is 8.22. The number of amides is 1. The summed E-state index contributed by atoms with van der Waals surface area (Å²) in [5.74, 6) is 0.579. The minimum atomic E-state index is -0.0551. The summed E-state index contributed by atoms with van der Waals surface area (Å²) in [6, 6.07) is 0.133. The van der Waals surface area contributed by atoms with Crippen molar-refractivity contribution >= 4 is 5.91 Å². The highest BCUT2D eigenvalue weighted by atomic mass is 16.2. The van der Waals surface area contributed by atoms with Crippen LogP contribution in [0.2, 0.25) is 0 Å². The van der Waals surface area contributed by atoms with Gasteiger partial charge in [-0.15, -0.1) is 0 Å². The second-order valence-electron chi connectivity index (χ2n) is 4.61. The maximum Gasteiger partial charge on any atom is 0.274 e. The lowest BCUT2D eigenvalue weighted by molar-refractivity contribution is 0.0567. The van der Waals surface area contributed by atoms with Gasteiger partial charge in [-0.25, -0.2) is 4.98 Å². The summed E-state index contributed by atoms with van der Waals surface area (Å²) in [5, 5.41) is 0. The molecule has 1 aromatic rings. The van der Waals surface area contributed by atoms with Crippen LogP contribution >= 0.6 is 0 Å². The number of likely N-dealkylation sites (tertiary alicyclic amines) is 1. The minimum absolute atomic E-state index is 0.0551. The van der Waals surface area contributed by atoms with Crippen LogP contribution in [-0.2, 0) is 0 Å². The zero-order chi connectivity index (χ0) is 12.3. The van der Waals surface area contributed by atoms with Crippen molar-refractivity contribution in [1.29, 1.82) is 0 Å². The predicted octanol–water partition coefficient (Wildman–Crippen LogP) is 0.676. The molecule has 2 rings (SSSR count). The van der Waals surface area contributed by atoms with Gasteiger partial charge in [0.05, 0.1) is 6.20 Å². The van der Waals surface area contributed by atoms with E-state index < -0.39 is 0 Å². The van der Waals surface area contributed by atoms with Crippen LogP contribution in [0.5, 0.6) is 0 Å². The topological polar surface area (TPSA) is 72.1 Å². The fourth-order valence-electron chi connectivity index (χ4n) is 2.30. The Kier molecular flexibility index (Phi) is 3.68. The molecule has 0 spiro atoms. The second-order valence-corrected chi connectivity index (χ2v) is 4.61. The second kappa shape index (κ2) is 5.23. The van der Waals surface area contributed by atoms with Crippen LogP contribution in [0.3, 0.4) is 0 Å². The summed E-state index contributed by atoms with van der Waals surface area (Å²) in [7, 11) is 0. The van der Waals surface area contributed by atoms with Crippen LogP contribution in [0.1, 0.15) is 30.3 Å². The van der Waals surface area contributed by atoms with Crippen molar-refractivity contribution in [3.63, 3.8) is 0 Å². The van der Waals surface area contributed by atoms with Crippen molar-refractivity contribution in [2.75, 3.05) is 13.1 Å². The molecule has 1 aliphatic heterocycles. The van der Waals surface area contributed by atoms with Crippen LogP contribution in [-0.4, -0.2) is 39.9 Å². The van der Waals surface area contributed by atoms with Gasteiger partial charge in [0, 0.05) is 31.5 Å². The zero-order valence-electron chi connectivity index (χ0n) is 10.0. The molecule has 0 bridgehead atoms. The predicted molar refractivity (Wildman–Crippen MR) is 64.3 cm³/mol. The number of hydrogen-bond donors (Lipinski definition) is 1. The minimum Gasteiger partial charge on any atom is -0.333 e. The molecular weight excluding hydrogens is 216 g/mol. The van der Waals surface area contributed by atoms with E-state index in [9.17, 15) is 4.79 Å². The molecule has 1 aliphatic rings. The van der Waals surface area contributed by atoms with Crippen molar-refractivity contribution in [3.8, 4) is 0 Å². The maximum atomic E-state index is 12.2. The van der Waals surface area contributed by atoms with Gasteiger partial charge in [0.2, 0.25) is 0 Å². The van der Waals surface area contributed by atoms with Gasteiger partial charge < -0.3 is 10.6 Å². The molecule has 2 atom stereocenters. The van der Waals surface area contributed by atoms with Gasteiger partial charge in [0.15, 0.2) is 0 Å². The molecule has 1 saturated heterocycles. The quantitative estimate of drug-likeness (QED) is 0.816. The summed E-state index contributed by atoms with van der Waals surface area (Å²) in [4.78, 5) is 22.1. The van der Waals surface area contributed by atoms with Crippen LogP contribution in [0, 0.1) is 5.92 Å². The number of carbonyl (C=O) groups is 1. The normalized spacial score (nSPS) is 24.7. The Morgan fingerprint density at radius 1 is 1.59 bits per heavy atom. The highest BCUT2D eigenvalue weighted by Crippen LogP contribution is 2.22. The van der Waals surface area contributed by atoms with E-state index in [1.54, 1.807) is 6.20 Å². The molecule has 0 saturated carbocycles. The molecule has 1 fully saturated rings. The summed E-state index contributed by atoms with van der Waals surface area (Å²) in [5.41, 5.74) is 6.15. The fraction of sp³-hybridized carbons (Fsp3) is 0.583. The van der Waals surface area contributed by atoms with Crippen LogP contribution in [0.4, 0.5) is 0 Å². The van der Waals surface area contributed by atoms with E-state index >= 15 is 0 Å². The molecule has 2 N–H and O–H groups in total. The Morgan fingerprint density at radius 2 is 2.41 bits per heavy atom. The molecule has 5 nitrogen and oxygen atoms in total. The van der Waals surface area contributed by atoms with E-state index in [1.165, 1.54) is 12.4 Å². The number of aromatic nitrogens is 2. The fourth-order valence-corrected chi connectivity index (χ4v) is 2.30. The van der Waals surface area contributed by atoms with Gasteiger partial charge in [-0.2, -0.15) is 0 Å². The average Bonchev–Trinajstić information content (AvgIpc) is 2.39. The SMILES string of the molecule is CC1CCN(C(=O)c2cnccn2)C(CN)C1. The largest absolute Gasteiger partial charge is 0.333 e. The molecule has 92 valence electrons. The molecule has 2 unspecified atom stereocenters.